The van der Waals surface area contributed by atoms with Crippen molar-refractivity contribution in [1.82, 2.24) is 0 Å². The molecule has 0 heterocycles. The van der Waals surface area contributed by atoms with Gasteiger partial charge in [-0.05, 0) is 31.7 Å². The van der Waals surface area contributed by atoms with Crippen LogP contribution in [0.4, 0.5) is 0 Å². The average molecular weight is 259 g/mol. The fraction of sp³-hybridized carbons (Fsp3) is 0.438. The van der Waals surface area contributed by atoms with Gasteiger partial charge in [0.2, 0.25) is 5.79 Å². The molecule has 1 fully saturated rings. The molecule has 0 N–H and O–H groups in total. The number of hydrogen-bond acceptors (Lipinski definition) is 3. The van der Waals surface area contributed by atoms with E-state index in [1.165, 1.54) is 0 Å². The van der Waals surface area contributed by atoms with Gasteiger partial charge in [-0.3, -0.25) is 4.99 Å². The van der Waals surface area contributed by atoms with E-state index in [0.29, 0.717) is 0 Å². The minimum atomic E-state index is -0.811. The summed E-state index contributed by atoms with van der Waals surface area (Å²) in [6, 6.07) is 10.0. The van der Waals surface area contributed by atoms with E-state index in [1.54, 1.807) is 14.2 Å². The van der Waals surface area contributed by atoms with Gasteiger partial charge in [0.25, 0.3) is 0 Å². The lowest BCUT2D eigenvalue weighted by atomic mass is 9.88. The largest absolute Gasteiger partial charge is 0.350 e. The van der Waals surface area contributed by atoms with Crippen molar-refractivity contribution in [2.75, 3.05) is 14.2 Å². The van der Waals surface area contributed by atoms with Crippen molar-refractivity contribution in [1.29, 1.82) is 0 Å². The van der Waals surface area contributed by atoms with Crippen LogP contribution in [0.5, 0.6) is 0 Å². The summed E-state index contributed by atoms with van der Waals surface area (Å²) in [4.78, 5) is 4.27. The molecule has 1 saturated carbocycles. The first-order chi connectivity index (χ1) is 8.95. The van der Waals surface area contributed by atoms with Gasteiger partial charge in [-0.15, -0.1) is 0 Å². The maximum absolute atomic E-state index is 5.65. The highest BCUT2D eigenvalue weighted by molar-refractivity contribution is 5.77. The van der Waals surface area contributed by atoms with Crippen LogP contribution in [0, 0.1) is 5.41 Å². The molecule has 0 aliphatic heterocycles. The van der Waals surface area contributed by atoms with Crippen molar-refractivity contribution in [2.45, 2.75) is 25.2 Å². The molecule has 2 atom stereocenters. The Hall–Kier alpha value is -1.45. The highest BCUT2D eigenvalue weighted by Gasteiger charge is 2.86. The number of nitrogens with zero attached hydrogens (tertiary/aromatic N) is 1. The zero-order valence-electron chi connectivity index (χ0n) is 12.1. The Balaban J connectivity index is 2.49. The number of methoxy groups -OCH3 is 2. The second-order valence-electron chi connectivity index (χ2n) is 5.22. The highest BCUT2D eigenvalue weighted by atomic mass is 16.7. The van der Waals surface area contributed by atoms with Crippen LogP contribution in [-0.2, 0) is 9.47 Å². The second kappa shape index (κ2) is 4.29. The summed E-state index contributed by atoms with van der Waals surface area (Å²) in [5.74, 6) is -0.811. The van der Waals surface area contributed by atoms with Gasteiger partial charge in [-0.1, -0.05) is 36.9 Å². The molecular weight excluding hydrogens is 238 g/mol. The number of rotatable bonds is 5. The van der Waals surface area contributed by atoms with Crippen molar-refractivity contribution in [3.05, 3.63) is 42.5 Å². The van der Waals surface area contributed by atoms with Gasteiger partial charge < -0.3 is 9.47 Å². The normalized spacial score (nSPS) is 31.8. The van der Waals surface area contributed by atoms with Crippen LogP contribution in [0.15, 0.2) is 41.9 Å². The van der Waals surface area contributed by atoms with Gasteiger partial charge >= 0.3 is 0 Å². The number of hydrogen-bond donors (Lipinski definition) is 0. The zero-order chi connectivity index (χ0) is 14.3. The Kier molecular flexibility index (Phi) is 3.15. The van der Waals surface area contributed by atoms with Crippen LogP contribution < -0.4 is 0 Å². The van der Waals surface area contributed by atoms with E-state index in [0.717, 1.165) is 11.1 Å². The second-order valence-corrected chi connectivity index (χ2v) is 5.22. The summed E-state index contributed by atoms with van der Waals surface area (Å²) < 4.78 is 11.3. The van der Waals surface area contributed by atoms with Crippen LogP contribution >= 0.6 is 0 Å². The molecule has 1 aliphatic rings. The van der Waals surface area contributed by atoms with Crippen molar-refractivity contribution in [3.8, 4) is 0 Å². The molecule has 2 unspecified atom stereocenters. The lowest BCUT2D eigenvalue weighted by Crippen LogP contribution is -2.27. The molecule has 1 aliphatic carbocycles. The molecule has 1 aromatic rings. The third-order valence-corrected chi connectivity index (χ3v) is 4.83. The number of benzene rings is 1. The highest BCUT2D eigenvalue weighted by Crippen LogP contribution is 2.74. The molecule has 0 saturated heterocycles. The maximum atomic E-state index is 5.65. The van der Waals surface area contributed by atoms with Gasteiger partial charge in [-0.2, -0.15) is 0 Å². The van der Waals surface area contributed by atoms with E-state index in [2.05, 4.69) is 25.2 Å². The molecule has 102 valence electrons. The number of ether oxygens (including phenoxy) is 2. The van der Waals surface area contributed by atoms with E-state index >= 15 is 0 Å². The van der Waals surface area contributed by atoms with Crippen LogP contribution in [0.3, 0.4) is 0 Å². The van der Waals surface area contributed by atoms with Gasteiger partial charge in [-0.25, -0.2) is 0 Å². The molecule has 2 rings (SSSR count). The molecule has 3 nitrogen and oxygen atoms in total. The zero-order valence-corrected chi connectivity index (χ0v) is 12.1. The Labute approximate surface area is 115 Å². The molecule has 19 heavy (non-hydrogen) atoms. The minimum Gasteiger partial charge on any atom is -0.350 e. The lowest BCUT2D eigenvalue weighted by Gasteiger charge is -2.21. The molecule has 1 aromatic carbocycles. The molecule has 3 heteroatoms. The summed E-state index contributed by atoms with van der Waals surface area (Å²) in [6.07, 6.45) is 0. The van der Waals surface area contributed by atoms with Crippen LogP contribution in [-0.4, -0.2) is 32.3 Å². The Morgan fingerprint density at radius 2 is 1.63 bits per heavy atom. The lowest BCUT2D eigenvalue weighted by molar-refractivity contribution is -0.155. The van der Waals surface area contributed by atoms with Crippen LogP contribution in [0.25, 0.3) is 5.57 Å². The SMILES string of the molecule is C=NC1(C)C(OC)(OC)C1(C)C(=C)c1ccccc1. The summed E-state index contributed by atoms with van der Waals surface area (Å²) in [5, 5.41) is 0. The van der Waals surface area contributed by atoms with Crippen molar-refractivity contribution in [2.24, 2.45) is 10.4 Å². The topological polar surface area (TPSA) is 30.8 Å². The van der Waals surface area contributed by atoms with Gasteiger partial charge in [0.1, 0.15) is 5.54 Å². The first kappa shape index (κ1) is 14.0. The van der Waals surface area contributed by atoms with Gasteiger partial charge in [0.05, 0.1) is 5.41 Å². The third-order valence-electron chi connectivity index (χ3n) is 4.83. The van der Waals surface area contributed by atoms with Crippen LogP contribution in [0.2, 0.25) is 0 Å². The van der Waals surface area contributed by atoms with E-state index in [-0.39, 0.29) is 0 Å². The van der Waals surface area contributed by atoms with Crippen molar-refractivity contribution in [3.63, 3.8) is 0 Å². The quantitative estimate of drug-likeness (QED) is 0.600. The molecular formula is C16H21NO2. The Bertz CT molecular complexity index is 507. The van der Waals surface area contributed by atoms with Crippen LogP contribution in [0.1, 0.15) is 19.4 Å². The fourth-order valence-corrected chi connectivity index (χ4v) is 3.38. The molecule has 0 aromatic heterocycles. The average Bonchev–Trinajstić information content (AvgIpc) is 2.91. The fourth-order valence-electron chi connectivity index (χ4n) is 3.38. The summed E-state index contributed by atoms with van der Waals surface area (Å²) >= 11 is 0. The summed E-state index contributed by atoms with van der Waals surface area (Å²) in [5.41, 5.74) is 1.03. The molecule has 0 bridgehead atoms. The smallest absolute Gasteiger partial charge is 0.206 e. The number of aliphatic imine (C=N–C) groups is 1. The van der Waals surface area contributed by atoms with E-state index in [4.69, 9.17) is 9.47 Å². The standard InChI is InChI=1S/C16H21NO2/c1-12(13-10-8-7-9-11-13)14(2)15(3,17-4)16(14,18-5)19-6/h7-11H,1,4H2,2-3,5-6H3. The molecule has 0 radical (unpaired) electrons. The Morgan fingerprint density at radius 1 is 1.11 bits per heavy atom. The molecule has 0 amide bonds. The van der Waals surface area contributed by atoms with Gasteiger partial charge in [0, 0.05) is 14.2 Å². The monoisotopic (exact) mass is 259 g/mol. The summed E-state index contributed by atoms with van der Waals surface area (Å²) in [7, 11) is 3.27. The molecule has 0 spiro atoms. The van der Waals surface area contributed by atoms with E-state index < -0.39 is 16.7 Å². The van der Waals surface area contributed by atoms with E-state index in [1.807, 2.05) is 37.3 Å². The predicted octanol–water partition coefficient (Wildman–Crippen LogP) is 3.17. The third kappa shape index (κ3) is 1.37. The predicted molar refractivity (Wildman–Crippen MR) is 78.3 cm³/mol. The maximum Gasteiger partial charge on any atom is 0.206 e. The van der Waals surface area contributed by atoms with Gasteiger partial charge in [0.15, 0.2) is 0 Å². The van der Waals surface area contributed by atoms with Crippen molar-refractivity contribution >= 4 is 12.3 Å². The van der Waals surface area contributed by atoms with E-state index in [9.17, 15) is 0 Å². The first-order valence-corrected chi connectivity index (χ1v) is 6.28. The Morgan fingerprint density at radius 3 is 2.00 bits per heavy atom. The minimum absolute atomic E-state index is 0.438. The first-order valence-electron chi connectivity index (χ1n) is 6.28. The van der Waals surface area contributed by atoms with Crippen molar-refractivity contribution < 1.29 is 9.47 Å². The summed E-state index contributed by atoms with van der Waals surface area (Å²) in [6.45, 7) is 12.0.